The number of aryl methyl sites for hydroxylation is 1. The van der Waals surface area contributed by atoms with Gasteiger partial charge in [-0.15, -0.1) is 22.7 Å². The summed E-state index contributed by atoms with van der Waals surface area (Å²) < 4.78 is 7.10. The predicted octanol–water partition coefficient (Wildman–Crippen LogP) is 5.69. The normalized spacial score (nSPS) is 10.9. The molecule has 0 saturated heterocycles. The Morgan fingerprint density at radius 2 is 2.10 bits per heavy atom. The number of amides is 1. The number of hydrogen-bond acceptors (Lipinski definition) is 6. The molecule has 0 atom stereocenters. The van der Waals surface area contributed by atoms with Crippen molar-refractivity contribution in [2.24, 2.45) is 0 Å². The first kappa shape index (κ1) is 19.9. The molecule has 0 unspecified atom stereocenters. The molecular formula is C19H14Cl2N4O2S2. The number of thiophene rings is 1. The van der Waals surface area contributed by atoms with Gasteiger partial charge in [0.15, 0.2) is 6.61 Å². The molecule has 3 aromatic heterocycles. The van der Waals surface area contributed by atoms with E-state index in [-0.39, 0.29) is 12.5 Å². The molecule has 0 spiro atoms. The lowest BCUT2D eigenvalue weighted by molar-refractivity contribution is -0.118. The maximum Gasteiger partial charge on any atom is 0.263 e. The maximum atomic E-state index is 12.4. The van der Waals surface area contributed by atoms with Crippen molar-refractivity contribution in [3.63, 3.8) is 0 Å². The lowest BCUT2D eigenvalue weighted by Crippen LogP contribution is -2.22. The highest BCUT2D eigenvalue weighted by atomic mass is 35.5. The molecule has 0 bridgehead atoms. The first-order valence-corrected chi connectivity index (χ1v) is 11.0. The van der Waals surface area contributed by atoms with Gasteiger partial charge >= 0.3 is 0 Å². The summed E-state index contributed by atoms with van der Waals surface area (Å²) in [6, 6.07) is 10.6. The van der Waals surface area contributed by atoms with E-state index in [4.69, 9.17) is 27.9 Å². The molecular weight excluding hydrogens is 451 g/mol. The fourth-order valence-electron chi connectivity index (χ4n) is 2.55. The third-order valence-corrected chi connectivity index (χ3v) is 6.04. The Balaban J connectivity index is 1.47. The van der Waals surface area contributed by atoms with Crippen molar-refractivity contribution in [3.05, 3.63) is 62.9 Å². The van der Waals surface area contributed by atoms with Crippen molar-refractivity contribution in [1.29, 1.82) is 0 Å². The number of carbonyl (C=O) groups is 1. The molecule has 0 aliphatic heterocycles. The van der Waals surface area contributed by atoms with Crippen molar-refractivity contribution in [2.75, 3.05) is 11.9 Å². The summed E-state index contributed by atoms with van der Waals surface area (Å²) in [5.74, 6) is 0.564. The zero-order valence-electron chi connectivity index (χ0n) is 15.1. The molecule has 6 nitrogen and oxygen atoms in total. The van der Waals surface area contributed by atoms with Crippen LogP contribution in [0.15, 0.2) is 47.2 Å². The average Bonchev–Trinajstić information content (AvgIpc) is 3.41. The number of halogens is 2. The molecule has 0 fully saturated rings. The van der Waals surface area contributed by atoms with Crippen LogP contribution in [0.5, 0.6) is 5.75 Å². The van der Waals surface area contributed by atoms with Crippen LogP contribution in [0.4, 0.5) is 5.82 Å². The van der Waals surface area contributed by atoms with Crippen LogP contribution >= 0.6 is 45.9 Å². The number of nitrogens with one attached hydrogen (secondary N) is 1. The highest BCUT2D eigenvalue weighted by Crippen LogP contribution is 2.29. The van der Waals surface area contributed by atoms with Gasteiger partial charge in [-0.2, -0.15) is 9.78 Å². The van der Waals surface area contributed by atoms with E-state index in [1.165, 1.54) is 11.3 Å². The van der Waals surface area contributed by atoms with Crippen LogP contribution in [0.3, 0.4) is 0 Å². The van der Waals surface area contributed by atoms with E-state index in [9.17, 15) is 4.79 Å². The Morgan fingerprint density at radius 1 is 1.24 bits per heavy atom. The monoisotopic (exact) mass is 464 g/mol. The molecule has 1 aromatic carbocycles. The Labute approximate surface area is 184 Å². The highest BCUT2D eigenvalue weighted by molar-refractivity contribution is 7.15. The number of rotatable bonds is 6. The average molecular weight is 465 g/mol. The van der Waals surface area contributed by atoms with E-state index in [2.05, 4.69) is 15.4 Å². The number of hydrogen-bond donors (Lipinski definition) is 1. The van der Waals surface area contributed by atoms with Gasteiger partial charge < -0.3 is 10.1 Å². The van der Waals surface area contributed by atoms with Gasteiger partial charge in [-0.05, 0) is 36.6 Å². The minimum Gasteiger partial charge on any atom is -0.482 e. The molecule has 0 saturated carbocycles. The third kappa shape index (κ3) is 4.62. The van der Waals surface area contributed by atoms with Gasteiger partial charge in [0.2, 0.25) is 5.13 Å². The van der Waals surface area contributed by atoms with Gasteiger partial charge in [-0.3, -0.25) is 4.79 Å². The maximum absolute atomic E-state index is 12.4. The summed E-state index contributed by atoms with van der Waals surface area (Å²) in [7, 11) is 0. The first-order chi connectivity index (χ1) is 14.0. The largest absolute Gasteiger partial charge is 0.482 e. The second-order valence-corrected chi connectivity index (χ2v) is 8.61. The number of aromatic nitrogens is 3. The molecule has 148 valence electrons. The number of benzene rings is 1. The van der Waals surface area contributed by atoms with Gasteiger partial charge in [0, 0.05) is 16.5 Å². The Kier molecular flexibility index (Phi) is 5.86. The SMILES string of the molecule is Cc1cc(NC(=O)COc2ccc(Cl)cc2Cl)n(-c2nc(-c3cccs3)cs2)n1. The summed E-state index contributed by atoms with van der Waals surface area (Å²) in [6.45, 7) is 1.65. The summed E-state index contributed by atoms with van der Waals surface area (Å²) in [6.07, 6.45) is 0. The van der Waals surface area contributed by atoms with Crippen LogP contribution in [0, 0.1) is 6.92 Å². The Bertz CT molecular complexity index is 1160. The number of anilines is 1. The minimum absolute atomic E-state index is 0.204. The standard InChI is InChI=1S/C19H14Cl2N4O2S2/c1-11-7-17(23-18(26)9-27-15-5-4-12(20)8-13(15)21)25(24-11)19-22-14(10-29-19)16-3-2-6-28-16/h2-8,10H,9H2,1H3,(H,23,26). The van der Waals surface area contributed by atoms with E-state index >= 15 is 0 Å². The number of nitrogens with zero attached hydrogens (tertiary/aromatic N) is 3. The van der Waals surface area contributed by atoms with Crippen LogP contribution in [0.2, 0.25) is 10.0 Å². The van der Waals surface area contributed by atoms with Crippen LogP contribution in [-0.2, 0) is 4.79 Å². The molecule has 4 aromatic rings. The molecule has 3 heterocycles. The minimum atomic E-state index is -0.341. The zero-order chi connectivity index (χ0) is 20.4. The number of carbonyl (C=O) groups excluding carboxylic acids is 1. The van der Waals surface area contributed by atoms with Crippen molar-refractivity contribution in [3.8, 4) is 21.5 Å². The fraction of sp³-hybridized carbons (Fsp3) is 0.105. The highest BCUT2D eigenvalue weighted by Gasteiger charge is 2.15. The second kappa shape index (κ2) is 8.54. The fourth-order valence-corrected chi connectivity index (χ4v) is 4.56. The zero-order valence-corrected chi connectivity index (χ0v) is 18.2. The topological polar surface area (TPSA) is 69.0 Å². The third-order valence-electron chi connectivity index (χ3n) is 3.80. The molecule has 4 rings (SSSR count). The van der Waals surface area contributed by atoms with Gasteiger partial charge in [0.1, 0.15) is 11.6 Å². The second-order valence-electron chi connectivity index (χ2n) is 5.99. The summed E-state index contributed by atoms with van der Waals surface area (Å²) in [5, 5.41) is 12.7. The Morgan fingerprint density at radius 3 is 2.86 bits per heavy atom. The van der Waals surface area contributed by atoms with Crippen LogP contribution < -0.4 is 10.1 Å². The van der Waals surface area contributed by atoms with Crippen LogP contribution in [0.1, 0.15) is 5.69 Å². The van der Waals surface area contributed by atoms with Crippen molar-refractivity contribution in [2.45, 2.75) is 6.92 Å². The molecule has 10 heteroatoms. The predicted molar refractivity (Wildman–Crippen MR) is 118 cm³/mol. The van der Waals surface area contributed by atoms with E-state index in [0.717, 1.165) is 16.3 Å². The van der Waals surface area contributed by atoms with Crippen molar-refractivity contribution >= 4 is 57.6 Å². The molecule has 1 N–H and O–H groups in total. The molecule has 0 aliphatic rings. The van der Waals surface area contributed by atoms with Gasteiger partial charge in [0.25, 0.3) is 5.91 Å². The first-order valence-electron chi connectivity index (χ1n) is 8.44. The van der Waals surface area contributed by atoms with Crippen LogP contribution in [-0.4, -0.2) is 27.3 Å². The molecule has 0 aliphatic carbocycles. The lowest BCUT2D eigenvalue weighted by atomic mass is 10.3. The smallest absolute Gasteiger partial charge is 0.263 e. The van der Waals surface area contributed by atoms with E-state index in [0.29, 0.717) is 26.7 Å². The van der Waals surface area contributed by atoms with E-state index in [1.54, 1.807) is 40.3 Å². The lowest BCUT2D eigenvalue weighted by Gasteiger charge is -2.09. The van der Waals surface area contributed by atoms with Gasteiger partial charge in [0.05, 0.1) is 21.3 Å². The molecule has 1 amide bonds. The Hall–Kier alpha value is -2.39. The van der Waals surface area contributed by atoms with E-state index < -0.39 is 0 Å². The van der Waals surface area contributed by atoms with E-state index in [1.807, 2.05) is 29.8 Å². The summed E-state index contributed by atoms with van der Waals surface area (Å²) >= 11 is 15.0. The molecule has 0 radical (unpaired) electrons. The van der Waals surface area contributed by atoms with Crippen molar-refractivity contribution < 1.29 is 9.53 Å². The van der Waals surface area contributed by atoms with Crippen molar-refractivity contribution in [1.82, 2.24) is 14.8 Å². The molecule has 29 heavy (non-hydrogen) atoms. The number of ether oxygens (including phenoxy) is 1. The van der Waals surface area contributed by atoms with Crippen LogP contribution in [0.25, 0.3) is 15.7 Å². The van der Waals surface area contributed by atoms with Gasteiger partial charge in [-0.1, -0.05) is 29.3 Å². The number of thiazole rings is 1. The summed E-state index contributed by atoms with van der Waals surface area (Å²) in [4.78, 5) is 18.1. The summed E-state index contributed by atoms with van der Waals surface area (Å²) in [5.41, 5.74) is 1.64. The van der Waals surface area contributed by atoms with Gasteiger partial charge in [-0.25, -0.2) is 4.98 Å². The quantitative estimate of drug-likeness (QED) is 0.397.